The highest BCUT2D eigenvalue weighted by Crippen LogP contribution is 2.23. The van der Waals surface area contributed by atoms with E-state index in [2.05, 4.69) is 15.3 Å². The lowest BCUT2D eigenvalue weighted by Gasteiger charge is -2.10. The molecule has 0 aliphatic heterocycles. The van der Waals surface area contributed by atoms with Gasteiger partial charge in [-0.2, -0.15) is 4.98 Å². The average Bonchev–Trinajstić information content (AvgIpc) is 2.85. The van der Waals surface area contributed by atoms with Crippen molar-refractivity contribution in [1.82, 2.24) is 15.3 Å². The van der Waals surface area contributed by atoms with Gasteiger partial charge in [0.25, 0.3) is 5.88 Å². The van der Waals surface area contributed by atoms with Crippen LogP contribution in [0.1, 0.15) is 19.7 Å². The molecule has 0 spiro atoms. The van der Waals surface area contributed by atoms with Crippen molar-refractivity contribution < 1.29 is 13.8 Å². The minimum atomic E-state index is -0.685. The molecule has 0 bridgehead atoms. The Balaban J connectivity index is 2.31. The summed E-state index contributed by atoms with van der Waals surface area (Å²) in [5, 5.41) is 7.38. The van der Waals surface area contributed by atoms with Gasteiger partial charge in [-0.05, 0) is 19.0 Å². The maximum Gasteiger partial charge on any atom is 0.254 e. The lowest BCUT2D eigenvalue weighted by atomic mass is 10.1. The van der Waals surface area contributed by atoms with Crippen LogP contribution < -0.4 is 10.5 Å². The van der Waals surface area contributed by atoms with Gasteiger partial charge in [-0.15, -0.1) is 0 Å². The average molecular weight is 224 g/mol. The van der Waals surface area contributed by atoms with Gasteiger partial charge in [0, 0.05) is 0 Å². The summed E-state index contributed by atoms with van der Waals surface area (Å²) in [5.74, 6) is 1.35. The minimum absolute atomic E-state index is 0.296. The smallest absolute Gasteiger partial charge is 0.254 e. The molecule has 0 saturated carbocycles. The SMILES string of the molecule is COc1cc(-c2noc(C(C)(C)N)n2)on1. The molecule has 7 nitrogen and oxygen atoms in total. The lowest BCUT2D eigenvalue weighted by Crippen LogP contribution is -2.28. The van der Waals surface area contributed by atoms with Crippen LogP contribution in [-0.2, 0) is 5.54 Å². The molecule has 0 radical (unpaired) electrons. The van der Waals surface area contributed by atoms with Crippen molar-refractivity contribution >= 4 is 0 Å². The third-order valence-corrected chi connectivity index (χ3v) is 1.90. The maximum absolute atomic E-state index is 5.81. The van der Waals surface area contributed by atoms with E-state index in [1.165, 1.54) is 7.11 Å². The number of hydrogen-bond donors (Lipinski definition) is 1. The highest BCUT2D eigenvalue weighted by Gasteiger charge is 2.24. The molecular weight excluding hydrogens is 212 g/mol. The van der Waals surface area contributed by atoms with Gasteiger partial charge < -0.3 is 19.5 Å². The molecule has 0 aliphatic carbocycles. The predicted octanol–water partition coefficient (Wildman–Crippen LogP) is 0.927. The molecule has 2 heterocycles. The summed E-state index contributed by atoms with van der Waals surface area (Å²) in [6, 6.07) is 1.57. The van der Waals surface area contributed by atoms with E-state index in [0.717, 1.165) is 0 Å². The van der Waals surface area contributed by atoms with Crippen molar-refractivity contribution in [3.05, 3.63) is 12.0 Å². The molecule has 0 saturated heterocycles. The Morgan fingerprint density at radius 3 is 2.56 bits per heavy atom. The van der Waals surface area contributed by atoms with Crippen LogP contribution in [0.15, 0.2) is 15.1 Å². The second-order valence-electron chi connectivity index (χ2n) is 3.88. The number of aromatic nitrogens is 3. The van der Waals surface area contributed by atoms with E-state index >= 15 is 0 Å². The molecule has 16 heavy (non-hydrogen) atoms. The zero-order valence-corrected chi connectivity index (χ0v) is 9.22. The summed E-state index contributed by atoms with van der Waals surface area (Å²) in [4.78, 5) is 4.11. The Hall–Kier alpha value is -1.89. The number of hydrogen-bond acceptors (Lipinski definition) is 7. The summed E-state index contributed by atoms with van der Waals surface area (Å²) in [5.41, 5.74) is 5.13. The number of nitrogens with zero attached hydrogens (tertiary/aromatic N) is 3. The van der Waals surface area contributed by atoms with Gasteiger partial charge in [0.15, 0.2) is 0 Å². The van der Waals surface area contributed by atoms with Gasteiger partial charge in [-0.25, -0.2) is 0 Å². The molecule has 2 rings (SSSR count). The highest BCUT2D eigenvalue weighted by atomic mass is 16.5. The van der Waals surface area contributed by atoms with Crippen LogP contribution in [0.5, 0.6) is 5.88 Å². The lowest BCUT2D eigenvalue weighted by molar-refractivity contribution is 0.311. The molecule has 0 aliphatic rings. The van der Waals surface area contributed by atoms with Crippen LogP contribution in [-0.4, -0.2) is 22.4 Å². The van der Waals surface area contributed by atoms with Crippen LogP contribution in [0, 0.1) is 0 Å². The van der Waals surface area contributed by atoms with Crippen molar-refractivity contribution in [3.8, 4) is 17.5 Å². The molecule has 0 fully saturated rings. The standard InChI is InChI=1S/C9H12N4O3/c1-9(2,10)8-11-7(13-16-8)5-4-6(14-3)12-15-5/h4H,10H2,1-3H3. The summed E-state index contributed by atoms with van der Waals surface area (Å²) < 4.78 is 14.9. The first-order valence-electron chi connectivity index (χ1n) is 4.65. The molecular formula is C9H12N4O3. The van der Waals surface area contributed by atoms with E-state index in [0.29, 0.717) is 23.4 Å². The van der Waals surface area contributed by atoms with E-state index in [-0.39, 0.29) is 0 Å². The summed E-state index contributed by atoms with van der Waals surface area (Å²) >= 11 is 0. The number of methoxy groups -OCH3 is 1. The Bertz CT molecular complexity index is 483. The van der Waals surface area contributed by atoms with E-state index in [1.807, 2.05) is 0 Å². The van der Waals surface area contributed by atoms with Crippen molar-refractivity contribution in [1.29, 1.82) is 0 Å². The van der Waals surface area contributed by atoms with Crippen molar-refractivity contribution in [2.75, 3.05) is 7.11 Å². The maximum atomic E-state index is 5.81. The molecule has 0 amide bonds. The Morgan fingerprint density at radius 2 is 2.06 bits per heavy atom. The molecule has 0 aromatic carbocycles. The number of ether oxygens (including phenoxy) is 1. The van der Waals surface area contributed by atoms with Gasteiger partial charge >= 0.3 is 0 Å². The first-order chi connectivity index (χ1) is 7.50. The number of rotatable bonds is 3. The van der Waals surface area contributed by atoms with Gasteiger partial charge in [0.2, 0.25) is 17.5 Å². The molecule has 0 unspecified atom stereocenters. The van der Waals surface area contributed by atoms with E-state index in [4.69, 9.17) is 19.5 Å². The minimum Gasteiger partial charge on any atom is -0.479 e. The predicted molar refractivity (Wildman–Crippen MR) is 53.6 cm³/mol. The van der Waals surface area contributed by atoms with Crippen LogP contribution >= 0.6 is 0 Å². The molecule has 2 aromatic rings. The monoisotopic (exact) mass is 224 g/mol. The normalized spacial score (nSPS) is 11.8. The van der Waals surface area contributed by atoms with E-state index in [9.17, 15) is 0 Å². The van der Waals surface area contributed by atoms with Crippen LogP contribution in [0.4, 0.5) is 0 Å². The molecule has 2 N–H and O–H groups in total. The van der Waals surface area contributed by atoms with Crippen molar-refractivity contribution in [2.24, 2.45) is 5.73 Å². The molecule has 86 valence electrons. The zero-order valence-electron chi connectivity index (χ0n) is 9.22. The van der Waals surface area contributed by atoms with E-state index < -0.39 is 5.54 Å². The van der Waals surface area contributed by atoms with Gasteiger partial charge in [0.05, 0.1) is 18.7 Å². The number of nitrogens with two attached hydrogens (primary N) is 1. The second kappa shape index (κ2) is 3.60. The fraction of sp³-hybridized carbons (Fsp3) is 0.444. The van der Waals surface area contributed by atoms with Gasteiger partial charge in [0.1, 0.15) is 0 Å². The van der Waals surface area contributed by atoms with Crippen LogP contribution in [0.3, 0.4) is 0 Å². The fourth-order valence-corrected chi connectivity index (χ4v) is 1.05. The highest BCUT2D eigenvalue weighted by molar-refractivity contribution is 5.46. The van der Waals surface area contributed by atoms with Gasteiger partial charge in [-0.1, -0.05) is 5.16 Å². The molecule has 7 heteroatoms. The quantitative estimate of drug-likeness (QED) is 0.827. The molecule has 2 aromatic heterocycles. The van der Waals surface area contributed by atoms with Crippen LogP contribution in [0.25, 0.3) is 11.6 Å². The Morgan fingerprint density at radius 1 is 1.31 bits per heavy atom. The van der Waals surface area contributed by atoms with Gasteiger partial charge in [-0.3, -0.25) is 0 Å². The summed E-state index contributed by atoms with van der Waals surface area (Å²) in [7, 11) is 1.49. The molecule has 0 atom stereocenters. The van der Waals surface area contributed by atoms with Crippen molar-refractivity contribution in [3.63, 3.8) is 0 Å². The Labute approximate surface area is 91.6 Å². The summed E-state index contributed by atoms with van der Waals surface area (Å²) in [6.07, 6.45) is 0. The van der Waals surface area contributed by atoms with Crippen molar-refractivity contribution in [2.45, 2.75) is 19.4 Å². The van der Waals surface area contributed by atoms with Crippen LogP contribution in [0.2, 0.25) is 0 Å². The third-order valence-electron chi connectivity index (χ3n) is 1.90. The first kappa shape index (κ1) is 10.6. The third kappa shape index (κ3) is 1.89. The largest absolute Gasteiger partial charge is 0.479 e. The first-order valence-corrected chi connectivity index (χ1v) is 4.65. The van der Waals surface area contributed by atoms with E-state index in [1.54, 1.807) is 19.9 Å². The summed E-state index contributed by atoms with van der Waals surface area (Å²) in [6.45, 7) is 3.54. The zero-order chi connectivity index (χ0) is 11.8. The Kier molecular flexibility index (Phi) is 2.39. The second-order valence-corrected chi connectivity index (χ2v) is 3.88. The fourth-order valence-electron chi connectivity index (χ4n) is 1.05. The topological polar surface area (TPSA) is 100 Å².